The highest BCUT2D eigenvalue weighted by Crippen LogP contribution is 2.52. The number of benzene rings is 1. The van der Waals surface area contributed by atoms with E-state index >= 15 is 0 Å². The van der Waals surface area contributed by atoms with Crippen molar-refractivity contribution in [3.63, 3.8) is 0 Å². The van der Waals surface area contributed by atoms with Gasteiger partial charge in [-0.2, -0.15) is 0 Å². The summed E-state index contributed by atoms with van der Waals surface area (Å²) in [5, 5.41) is 14.5. The van der Waals surface area contributed by atoms with E-state index in [9.17, 15) is 14.7 Å². The van der Waals surface area contributed by atoms with Crippen LogP contribution in [-0.2, 0) is 16.0 Å². The number of aryl methyl sites for hydroxylation is 1. The molecule has 2 saturated carbocycles. The van der Waals surface area contributed by atoms with Gasteiger partial charge in [-0.3, -0.25) is 9.59 Å². The van der Waals surface area contributed by atoms with E-state index in [1.165, 1.54) is 6.42 Å². The lowest BCUT2D eigenvalue weighted by Gasteiger charge is -2.35. The van der Waals surface area contributed by atoms with Crippen LogP contribution >= 0.6 is 11.6 Å². The van der Waals surface area contributed by atoms with Crippen LogP contribution in [0.4, 0.5) is 0 Å². The fourth-order valence-corrected chi connectivity index (χ4v) is 5.64. The Morgan fingerprint density at radius 1 is 1.18 bits per heavy atom. The van der Waals surface area contributed by atoms with E-state index in [1.807, 2.05) is 25.1 Å². The van der Waals surface area contributed by atoms with Gasteiger partial charge in [0.05, 0.1) is 12.1 Å². The van der Waals surface area contributed by atoms with E-state index < -0.39 is 11.9 Å². The molecule has 1 heterocycles. The van der Waals surface area contributed by atoms with Crippen LogP contribution in [0.2, 0.25) is 5.02 Å². The SMILES string of the molecule is Cc1ccc(CC(=O)CC(CC(=O)O)c2noc(C3CC(CC(C)C)C3)c2C2CC2)c(Cl)c1. The number of nitrogens with zero attached hydrogens (tertiary/aromatic N) is 1. The van der Waals surface area contributed by atoms with Crippen molar-refractivity contribution in [1.29, 1.82) is 0 Å². The molecule has 1 atom stereocenters. The Bertz CT molecular complexity index is 1020. The van der Waals surface area contributed by atoms with Gasteiger partial charge in [-0.25, -0.2) is 0 Å². The molecule has 0 radical (unpaired) electrons. The van der Waals surface area contributed by atoms with Crippen LogP contribution in [0.1, 0.15) is 105 Å². The number of carbonyl (C=O) groups is 2. The molecule has 178 valence electrons. The number of hydrogen-bond donors (Lipinski definition) is 1. The molecule has 1 aromatic carbocycles. The molecule has 0 spiro atoms. The lowest BCUT2D eigenvalue weighted by atomic mass is 9.69. The number of aromatic nitrogens is 1. The molecule has 0 aliphatic heterocycles. The summed E-state index contributed by atoms with van der Waals surface area (Å²) in [5.74, 6) is 1.72. The summed E-state index contributed by atoms with van der Waals surface area (Å²) in [4.78, 5) is 24.6. The summed E-state index contributed by atoms with van der Waals surface area (Å²) in [6.45, 7) is 6.47. The predicted molar refractivity (Wildman–Crippen MR) is 128 cm³/mol. The Hall–Kier alpha value is -2.14. The maximum absolute atomic E-state index is 13.0. The normalized spacial score (nSPS) is 21.1. The number of carbonyl (C=O) groups excluding carboxylic acids is 1. The summed E-state index contributed by atoms with van der Waals surface area (Å²) >= 11 is 6.32. The first-order valence-electron chi connectivity index (χ1n) is 12.2. The minimum Gasteiger partial charge on any atom is -0.481 e. The van der Waals surface area contributed by atoms with Gasteiger partial charge < -0.3 is 9.63 Å². The highest BCUT2D eigenvalue weighted by atomic mass is 35.5. The van der Waals surface area contributed by atoms with Gasteiger partial charge in [0.1, 0.15) is 11.5 Å². The zero-order chi connectivity index (χ0) is 23.7. The lowest BCUT2D eigenvalue weighted by molar-refractivity contribution is -0.137. The number of rotatable bonds is 11. The Morgan fingerprint density at radius 3 is 2.52 bits per heavy atom. The molecule has 0 bridgehead atoms. The smallest absolute Gasteiger partial charge is 0.304 e. The van der Waals surface area contributed by atoms with Gasteiger partial charge in [0.2, 0.25) is 0 Å². The summed E-state index contributed by atoms with van der Waals surface area (Å²) in [6.07, 6.45) is 5.81. The van der Waals surface area contributed by atoms with Crippen LogP contribution in [0.3, 0.4) is 0 Å². The Kier molecular flexibility index (Phi) is 7.28. The highest BCUT2D eigenvalue weighted by Gasteiger charge is 2.42. The minimum atomic E-state index is -0.923. The van der Waals surface area contributed by atoms with Crippen LogP contribution < -0.4 is 0 Å². The molecule has 1 N–H and O–H groups in total. The number of ketones is 1. The summed E-state index contributed by atoms with van der Waals surface area (Å²) in [6, 6.07) is 5.65. The molecule has 33 heavy (non-hydrogen) atoms. The first kappa shape index (κ1) is 24.0. The fraction of sp³-hybridized carbons (Fsp3) is 0.593. The van der Waals surface area contributed by atoms with E-state index in [0.29, 0.717) is 28.5 Å². The first-order chi connectivity index (χ1) is 15.7. The van der Waals surface area contributed by atoms with Crippen LogP contribution in [0.25, 0.3) is 0 Å². The highest BCUT2D eigenvalue weighted by molar-refractivity contribution is 6.31. The van der Waals surface area contributed by atoms with Crippen molar-refractivity contribution >= 4 is 23.4 Å². The van der Waals surface area contributed by atoms with Gasteiger partial charge in [0, 0.05) is 35.3 Å². The van der Waals surface area contributed by atoms with Crippen molar-refractivity contribution < 1.29 is 19.2 Å². The zero-order valence-corrected chi connectivity index (χ0v) is 20.5. The third kappa shape index (κ3) is 5.87. The first-order valence-corrected chi connectivity index (χ1v) is 12.6. The molecular weight excluding hydrogens is 438 g/mol. The molecule has 0 saturated heterocycles. The van der Waals surface area contributed by atoms with Crippen molar-refractivity contribution in [2.45, 2.75) is 89.9 Å². The van der Waals surface area contributed by atoms with Gasteiger partial charge in [-0.05, 0) is 74.0 Å². The average molecular weight is 472 g/mol. The number of aliphatic carboxylic acids is 1. The second kappa shape index (κ2) is 10.0. The molecule has 0 amide bonds. The number of carboxylic acid groups (broad SMARTS) is 1. The van der Waals surface area contributed by atoms with Gasteiger partial charge in [-0.15, -0.1) is 0 Å². The van der Waals surface area contributed by atoms with Crippen molar-refractivity contribution in [3.8, 4) is 0 Å². The van der Waals surface area contributed by atoms with Crippen molar-refractivity contribution in [2.24, 2.45) is 11.8 Å². The van der Waals surface area contributed by atoms with Crippen molar-refractivity contribution in [1.82, 2.24) is 5.16 Å². The quantitative estimate of drug-likeness (QED) is 0.389. The molecular formula is C27H34ClNO4. The number of carboxylic acids is 1. The van der Waals surface area contributed by atoms with Gasteiger partial charge >= 0.3 is 5.97 Å². The van der Waals surface area contributed by atoms with Crippen molar-refractivity contribution in [3.05, 3.63) is 51.4 Å². The standard InChI is InChI=1S/C27H34ClNO4/c1-15(2)8-17-10-21(11-17)27-25(18-6-7-18)26(29-33-27)20(14-24(31)32)13-22(30)12-19-5-4-16(3)9-23(19)28/h4-5,9,15,17-18,20-21H,6-8,10-14H2,1-3H3,(H,31,32). The Labute approximate surface area is 200 Å². The average Bonchev–Trinajstić information content (AvgIpc) is 3.44. The van der Waals surface area contributed by atoms with Gasteiger partial charge in [-0.1, -0.05) is 42.7 Å². The zero-order valence-electron chi connectivity index (χ0n) is 19.8. The second-order valence-electron chi connectivity index (χ2n) is 10.6. The number of hydrogen-bond acceptors (Lipinski definition) is 4. The number of halogens is 1. The van der Waals surface area contributed by atoms with E-state index in [4.69, 9.17) is 16.1 Å². The summed E-state index contributed by atoms with van der Waals surface area (Å²) in [7, 11) is 0. The molecule has 2 aromatic rings. The molecule has 1 unspecified atom stereocenters. The van der Waals surface area contributed by atoms with E-state index in [0.717, 1.165) is 54.1 Å². The largest absolute Gasteiger partial charge is 0.481 e. The van der Waals surface area contributed by atoms with Crippen LogP contribution in [0, 0.1) is 18.8 Å². The molecule has 2 aliphatic carbocycles. The van der Waals surface area contributed by atoms with Gasteiger partial charge in [0.15, 0.2) is 0 Å². The van der Waals surface area contributed by atoms with E-state index in [1.54, 1.807) is 0 Å². The predicted octanol–water partition coefficient (Wildman–Crippen LogP) is 6.81. The van der Waals surface area contributed by atoms with Crippen LogP contribution in [0.15, 0.2) is 22.7 Å². The maximum atomic E-state index is 13.0. The Morgan fingerprint density at radius 2 is 1.91 bits per heavy atom. The molecule has 4 rings (SSSR count). The fourth-order valence-electron chi connectivity index (χ4n) is 5.33. The Balaban J connectivity index is 1.52. The molecule has 2 fully saturated rings. The lowest BCUT2D eigenvalue weighted by Crippen LogP contribution is -2.24. The molecule has 2 aliphatic rings. The number of Topliss-reactive ketones (excluding diaryl/α,β-unsaturated/α-hetero) is 1. The van der Waals surface area contributed by atoms with Crippen LogP contribution in [0.5, 0.6) is 0 Å². The van der Waals surface area contributed by atoms with Gasteiger partial charge in [0.25, 0.3) is 0 Å². The van der Waals surface area contributed by atoms with E-state index in [-0.39, 0.29) is 25.0 Å². The summed E-state index contributed by atoms with van der Waals surface area (Å²) in [5.41, 5.74) is 3.62. The van der Waals surface area contributed by atoms with E-state index in [2.05, 4.69) is 19.0 Å². The third-order valence-electron chi connectivity index (χ3n) is 7.06. The van der Waals surface area contributed by atoms with Crippen LogP contribution in [-0.4, -0.2) is 22.0 Å². The minimum absolute atomic E-state index is 0.0288. The third-order valence-corrected chi connectivity index (χ3v) is 7.41. The summed E-state index contributed by atoms with van der Waals surface area (Å²) < 4.78 is 5.87. The second-order valence-corrected chi connectivity index (χ2v) is 11.0. The molecule has 6 heteroatoms. The van der Waals surface area contributed by atoms with Crippen molar-refractivity contribution in [2.75, 3.05) is 0 Å². The maximum Gasteiger partial charge on any atom is 0.304 e. The topological polar surface area (TPSA) is 80.4 Å². The molecule has 5 nitrogen and oxygen atoms in total. The monoisotopic (exact) mass is 471 g/mol. The molecule has 1 aromatic heterocycles.